The van der Waals surface area contributed by atoms with E-state index in [2.05, 4.69) is 11.8 Å². The Morgan fingerprint density at radius 1 is 1.50 bits per heavy atom. The number of hydrogen-bond acceptors (Lipinski definition) is 2. The lowest BCUT2D eigenvalue weighted by Gasteiger charge is -2.27. The average Bonchev–Trinajstić information content (AvgIpc) is 2.76. The molecule has 0 aromatic heterocycles. The van der Waals surface area contributed by atoms with Crippen LogP contribution in [0.3, 0.4) is 0 Å². The third-order valence-corrected chi connectivity index (χ3v) is 3.37. The van der Waals surface area contributed by atoms with Gasteiger partial charge in [0.2, 0.25) is 0 Å². The number of nitrogens with zero attached hydrogens (tertiary/aromatic N) is 1. The molecular weight excluding hydrogens is 205 g/mol. The summed E-state index contributed by atoms with van der Waals surface area (Å²) >= 11 is 0. The first kappa shape index (κ1) is 11.4. The van der Waals surface area contributed by atoms with Gasteiger partial charge in [0.1, 0.15) is 5.82 Å². The zero-order valence-electron chi connectivity index (χ0n) is 9.62. The predicted octanol–water partition coefficient (Wildman–Crippen LogP) is 2.70. The van der Waals surface area contributed by atoms with E-state index in [0.717, 1.165) is 18.7 Å². The summed E-state index contributed by atoms with van der Waals surface area (Å²) in [6.07, 6.45) is 3.47. The number of aliphatic hydroxyl groups excluding tert-OH is 1. The fourth-order valence-electron chi connectivity index (χ4n) is 2.54. The normalized spacial score (nSPS) is 20.4. The second-order valence-electron chi connectivity index (χ2n) is 4.33. The molecule has 1 aliphatic heterocycles. The van der Waals surface area contributed by atoms with E-state index in [1.807, 2.05) is 0 Å². The van der Waals surface area contributed by atoms with Gasteiger partial charge in [-0.1, -0.05) is 6.92 Å². The molecule has 0 saturated carbocycles. The van der Waals surface area contributed by atoms with E-state index in [-0.39, 0.29) is 12.4 Å². The molecule has 3 heteroatoms. The van der Waals surface area contributed by atoms with Crippen LogP contribution in [-0.2, 0) is 6.61 Å². The van der Waals surface area contributed by atoms with Gasteiger partial charge >= 0.3 is 0 Å². The maximum absolute atomic E-state index is 13.1. The Hall–Kier alpha value is -1.09. The van der Waals surface area contributed by atoms with Crippen molar-refractivity contribution in [1.82, 2.24) is 0 Å². The van der Waals surface area contributed by atoms with Crippen molar-refractivity contribution in [3.05, 3.63) is 29.6 Å². The van der Waals surface area contributed by atoms with E-state index < -0.39 is 0 Å². The zero-order chi connectivity index (χ0) is 11.5. The Morgan fingerprint density at radius 2 is 2.31 bits per heavy atom. The Bertz CT molecular complexity index is 367. The topological polar surface area (TPSA) is 23.5 Å². The van der Waals surface area contributed by atoms with Crippen molar-refractivity contribution in [2.24, 2.45) is 0 Å². The quantitative estimate of drug-likeness (QED) is 0.851. The van der Waals surface area contributed by atoms with Crippen LogP contribution in [0.4, 0.5) is 10.1 Å². The number of rotatable bonds is 3. The van der Waals surface area contributed by atoms with Gasteiger partial charge < -0.3 is 10.0 Å². The standard InChI is InChI=1S/C13H18FNO/c1-2-12-4-3-7-15(12)13-6-5-11(14)8-10(13)9-16/h5-6,8,12,16H,2-4,7,9H2,1H3. The summed E-state index contributed by atoms with van der Waals surface area (Å²) in [4.78, 5) is 2.30. The first-order valence-corrected chi connectivity index (χ1v) is 5.92. The van der Waals surface area contributed by atoms with Crippen molar-refractivity contribution in [1.29, 1.82) is 0 Å². The van der Waals surface area contributed by atoms with Crippen LogP contribution in [0.15, 0.2) is 18.2 Å². The van der Waals surface area contributed by atoms with Crippen molar-refractivity contribution in [3.63, 3.8) is 0 Å². The molecular formula is C13H18FNO. The molecule has 2 nitrogen and oxygen atoms in total. The molecule has 0 amide bonds. The molecule has 0 aliphatic carbocycles. The van der Waals surface area contributed by atoms with Gasteiger partial charge in [-0.25, -0.2) is 4.39 Å². The Labute approximate surface area is 95.7 Å². The Kier molecular flexibility index (Phi) is 3.44. The van der Waals surface area contributed by atoms with Gasteiger partial charge in [0, 0.05) is 23.8 Å². The monoisotopic (exact) mass is 223 g/mol. The number of aliphatic hydroxyl groups is 1. The molecule has 1 fully saturated rings. The van der Waals surface area contributed by atoms with E-state index in [9.17, 15) is 9.50 Å². The Balaban J connectivity index is 2.31. The first-order chi connectivity index (χ1) is 7.76. The molecule has 1 saturated heterocycles. The second-order valence-corrected chi connectivity index (χ2v) is 4.33. The number of benzene rings is 1. The lowest BCUT2D eigenvalue weighted by atomic mass is 10.1. The van der Waals surface area contributed by atoms with Gasteiger partial charge in [-0.2, -0.15) is 0 Å². The third kappa shape index (κ3) is 2.05. The summed E-state index contributed by atoms with van der Waals surface area (Å²) in [5.74, 6) is -0.278. The predicted molar refractivity (Wildman–Crippen MR) is 63.0 cm³/mol. The smallest absolute Gasteiger partial charge is 0.123 e. The van der Waals surface area contributed by atoms with Crippen LogP contribution in [0, 0.1) is 5.82 Å². The maximum atomic E-state index is 13.1. The van der Waals surface area contributed by atoms with Crippen molar-refractivity contribution in [2.45, 2.75) is 38.8 Å². The van der Waals surface area contributed by atoms with Gasteiger partial charge in [-0.05, 0) is 37.5 Å². The second kappa shape index (κ2) is 4.83. The minimum Gasteiger partial charge on any atom is -0.392 e. The molecule has 1 aromatic rings. The van der Waals surface area contributed by atoms with Crippen molar-refractivity contribution in [3.8, 4) is 0 Å². The molecule has 1 aliphatic rings. The summed E-state index contributed by atoms with van der Waals surface area (Å²) in [5.41, 5.74) is 1.69. The number of hydrogen-bond donors (Lipinski definition) is 1. The van der Waals surface area contributed by atoms with E-state index >= 15 is 0 Å². The maximum Gasteiger partial charge on any atom is 0.123 e. The fraction of sp³-hybridized carbons (Fsp3) is 0.538. The third-order valence-electron chi connectivity index (χ3n) is 3.37. The minimum atomic E-state index is -0.278. The number of halogens is 1. The van der Waals surface area contributed by atoms with Gasteiger partial charge in [0.15, 0.2) is 0 Å². The molecule has 1 unspecified atom stereocenters. The summed E-state index contributed by atoms with van der Waals surface area (Å²) in [5, 5.41) is 9.27. The fourth-order valence-corrected chi connectivity index (χ4v) is 2.54. The molecule has 1 aromatic carbocycles. The summed E-state index contributed by atoms with van der Waals surface area (Å²) in [6, 6.07) is 5.23. The Morgan fingerprint density at radius 3 is 3.00 bits per heavy atom. The largest absolute Gasteiger partial charge is 0.392 e. The first-order valence-electron chi connectivity index (χ1n) is 5.92. The lowest BCUT2D eigenvalue weighted by Crippen LogP contribution is -2.29. The molecule has 1 heterocycles. The highest BCUT2D eigenvalue weighted by Gasteiger charge is 2.24. The molecule has 0 radical (unpaired) electrons. The molecule has 0 spiro atoms. The average molecular weight is 223 g/mol. The van der Waals surface area contributed by atoms with Crippen LogP contribution in [0.5, 0.6) is 0 Å². The minimum absolute atomic E-state index is 0.0972. The highest BCUT2D eigenvalue weighted by Crippen LogP contribution is 2.30. The molecule has 2 rings (SSSR count). The van der Waals surface area contributed by atoms with E-state index in [4.69, 9.17) is 0 Å². The SMILES string of the molecule is CCC1CCCN1c1ccc(F)cc1CO. The van der Waals surface area contributed by atoms with Gasteiger partial charge in [-0.3, -0.25) is 0 Å². The van der Waals surface area contributed by atoms with Crippen LogP contribution in [0.2, 0.25) is 0 Å². The van der Waals surface area contributed by atoms with Crippen molar-refractivity contribution >= 4 is 5.69 Å². The molecule has 0 bridgehead atoms. The van der Waals surface area contributed by atoms with E-state index in [0.29, 0.717) is 11.6 Å². The van der Waals surface area contributed by atoms with Crippen LogP contribution in [0.1, 0.15) is 31.7 Å². The van der Waals surface area contributed by atoms with Gasteiger partial charge in [0.25, 0.3) is 0 Å². The van der Waals surface area contributed by atoms with Crippen LogP contribution >= 0.6 is 0 Å². The molecule has 16 heavy (non-hydrogen) atoms. The van der Waals surface area contributed by atoms with Crippen molar-refractivity contribution < 1.29 is 9.50 Å². The van der Waals surface area contributed by atoms with Crippen LogP contribution in [0.25, 0.3) is 0 Å². The van der Waals surface area contributed by atoms with Gasteiger partial charge in [-0.15, -0.1) is 0 Å². The highest BCUT2D eigenvalue weighted by atomic mass is 19.1. The van der Waals surface area contributed by atoms with E-state index in [1.54, 1.807) is 6.07 Å². The summed E-state index contributed by atoms with van der Waals surface area (Å²) in [6.45, 7) is 3.09. The van der Waals surface area contributed by atoms with E-state index in [1.165, 1.54) is 25.0 Å². The lowest BCUT2D eigenvalue weighted by molar-refractivity contribution is 0.281. The molecule has 88 valence electrons. The molecule has 1 atom stereocenters. The van der Waals surface area contributed by atoms with Gasteiger partial charge in [0.05, 0.1) is 6.61 Å². The van der Waals surface area contributed by atoms with Crippen molar-refractivity contribution in [2.75, 3.05) is 11.4 Å². The van der Waals surface area contributed by atoms with Crippen LogP contribution < -0.4 is 4.90 Å². The summed E-state index contributed by atoms with van der Waals surface area (Å²) < 4.78 is 13.1. The summed E-state index contributed by atoms with van der Waals surface area (Å²) in [7, 11) is 0. The molecule has 1 N–H and O–H groups in total. The van der Waals surface area contributed by atoms with Crippen LogP contribution in [-0.4, -0.2) is 17.7 Å². The zero-order valence-corrected chi connectivity index (χ0v) is 9.62. The highest BCUT2D eigenvalue weighted by molar-refractivity contribution is 5.55. The number of anilines is 1.